The molecule has 4 aromatic rings. The van der Waals surface area contributed by atoms with Crippen molar-refractivity contribution in [2.75, 3.05) is 58.2 Å². The fourth-order valence-electron chi connectivity index (χ4n) is 9.58. The van der Waals surface area contributed by atoms with E-state index in [-0.39, 0.29) is 67.2 Å². The van der Waals surface area contributed by atoms with Gasteiger partial charge < -0.3 is 33.5 Å². The van der Waals surface area contributed by atoms with Crippen molar-refractivity contribution in [1.29, 1.82) is 0 Å². The minimum absolute atomic E-state index is 0.00283. The lowest BCUT2D eigenvalue weighted by atomic mass is 9.90. The van der Waals surface area contributed by atoms with Gasteiger partial charge in [-0.3, -0.25) is 4.90 Å². The second kappa shape index (κ2) is 13.9. The number of fused-ring (bicyclic) bond motifs is 4. The average Bonchev–Trinajstić information content (AvgIpc) is 3.51. The van der Waals surface area contributed by atoms with Gasteiger partial charge in [-0.1, -0.05) is 18.1 Å². The molecule has 10 rings (SSSR count). The van der Waals surface area contributed by atoms with E-state index in [2.05, 4.69) is 15.7 Å². The minimum Gasteiger partial charge on any atom is -0.475 e. The van der Waals surface area contributed by atoms with Crippen molar-refractivity contribution in [3.8, 4) is 41.2 Å². The Morgan fingerprint density at radius 1 is 1.11 bits per heavy atom. The smallest absolute Gasteiger partial charge is 0.410 e. The number of rotatable bonds is 7. The number of nitrogens with zero attached hydrogens (tertiary/aromatic N) is 6. The highest BCUT2D eigenvalue weighted by atomic mass is 19.1. The molecule has 6 aliphatic heterocycles. The molecule has 2 bridgehead atoms. The molecule has 5 atom stereocenters. The fraction of sp³-hybridized carbons (Fsp3) is 0.524. The summed E-state index contributed by atoms with van der Waals surface area (Å²) in [6.45, 7) is 7.98. The Bertz CT molecular complexity index is 2260. The van der Waals surface area contributed by atoms with Gasteiger partial charge in [-0.2, -0.15) is 9.97 Å². The van der Waals surface area contributed by atoms with Crippen molar-refractivity contribution in [3.63, 3.8) is 0 Å². The molecule has 0 saturated carbocycles. The first-order valence-corrected chi connectivity index (χ1v) is 19.4. The molecule has 0 aliphatic carbocycles. The van der Waals surface area contributed by atoms with Gasteiger partial charge in [-0.05, 0) is 76.6 Å². The van der Waals surface area contributed by atoms with E-state index in [1.54, 1.807) is 12.1 Å². The molecule has 0 unspecified atom stereocenters. The number of anilines is 1. The standard InChI is InChI=1S/C42H46F2N6O6/c1-6-24-9-7-10-25-15-29(55-23-52-5)16-30(32(24)25)35-34(44)36-33-37(47-39(46-36)54-22-42-13-8-14-48(42)19-27(43)17-42)50-20-28-12-11-26(31(50)21-53-38(33)45-35)18-49(28)40(51)56-41(2,3)4/h1,7,9-10,15-16,26-28,31H,8,11-14,17-23H2,2-5H3/t26-,27-,28+,31-,42+/m1/s1. The zero-order valence-electron chi connectivity index (χ0n) is 32.1. The number of pyridine rings is 1. The summed E-state index contributed by atoms with van der Waals surface area (Å²) in [5, 5.41) is 1.66. The number of ether oxygens (including phenoxy) is 5. The molecule has 0 N–H and O–H groups in total. The van der Waals surface area contributed by atoms with Gasteiger partial charge in [0.1, 0.15) is 53.2 Å². The van der Waals surface area contributed by atoms with Gasteiger partial charge in [-0.15, -0.1) is 6.42 Å². The van der Waals surface area contributed by atoms with Crippen molar-refractivity contribution in [3.05, 3.63) is 41.7 Å². The Hall–Kier alpha value is -5.00. The third-order valence-corrected chi connectivity index (χ3v) is 12.0. The molecule has 2 aromatic heterocycles. The number of carbonyl (C=O) groups excluding carboxylic acids is 1. The van der Waals surface area contributed by atoms with Crippen LogP contribution in [0, 0.1) is 24.1 Å². The van der Waals surface area contributed by atoms with Crippen LogP contribution in [0.15, 0.2) is 30.3 Å². The maximum Gasteiger partial charge on any atom is 0.410 e. The summed E-state index contributed by atoms with van der Waals surface area (Å²) in [5.41, 5.74) is -0.235. The number of piperidine rings is 1. The number of halogens is 2. The maximum absolute atomic E-state index is 17.6. The first-order chi connectivity index (χ1) is 26.9. The molecule has 14 heteroatoms. The molecule has 1 amide bonds. The number of carbonyl (C=O) groups is 1. The van der Waals surface area contributed by atoms with Gasteiger partial charge in [0.2, 0.25) is 5.88 Å². The number of methoxy groups -OCH3 is 1. The van der Waals surface area contributed by atoms with Crippen molar-refractivity contribution < 1.29 is 37.3 Å². The van der Waals surface area contributed by atoms with Gasteiger partial charge in [0, 0.05) is 55.6 Å². The number of amides is 1. The Labute approximate surface area is 324 Å². The monoisotopic (exact) mass is 768 g/mol. The summed E-state index contributed by atoms with van der Waals surface area (Å²) in [7, 11) is 1.52. The second-order valence-electron chi connectivity index (χ2n) is 16.7. The first-order valence-electron chi connectivity index (χ1n) is 19.4. The quantitative estimate of drug-likeness (QED) is 0.152. The van der Waals surface area contributed by atoms with E-state index < -0.39 is 23.1 Å². The molecule has 0 radical (unpaired) electrons. The molecule has 8 heterocycles. The predicted molar refractivity (Wildman–Crippen MR) is 205 cm³/mol. The zero-order chi connectivity index (χ0) is 38.9. The topological polar surface area (TPSA) is 112 Å². The van der Waals surface area contributed by atoms with Crippen LogP contribution in [0.5, 0.6) is 17.6 Å². The van der Waals surface area contributed by atoms with Crippen molar-refractivity contribution in [1.82, 2.24) is 24.8 Å². The molecular weight excluding hydrogens is 722 g/mol. The Balaban J connectivity index is 1.21. The molecule has 294 valence electrons. The summed E-state index contributed by atoms with van der Waals surface area (Å²) >= 11 is 0. The highest BCUT2D eigenvalue weighted by Gasteiger charge is 2.50. The molecule has 2 aromatic carbocycles. The van der Waals surface area contributed by atoms with Gasteiger partial charge in [0.25, 0.3) is 0 Å². The summed E-state index contributed by atoms with van der Waals surface area (Å²) in [4.78, 5) is 34.3. The van der Waals surface area contributed by atoms with Crippen LogP contribution >= 0.6 is 0 Å². The largest absolute Gasteiger partial charge is 0.475 e. The third-order valence-electron chi connectivity index (χ3n) is 12.0. The zero-order valence-corrected chi connectivity index (χ0v) is 32.1. The number of terminal acetylenes is 1. The van der Waals surface area contributed by atoms with Crippen LogP contribution in [0.1, 0.15) is 58.4 Å². The van der Waals surface area contributed by atoms with Crippen LogP contribution in [0.3, 0.4) is 0 Å². The second-order valence-corrected chi connectivity index (χ2v) is 16.7. The molecule has 5 saturated heterocycles. The summed E-state index contributed by atoms with van der Waals surface area (Å²) in [5.74, 6) is 3.06. The van der Waals surface area contributed by atoms with Gasteiger partial charge in [-0.25, -0.2) is 18.6 Å². The van der Waals surface area contributed by atoms with Crippen LogP contribution in [0.4, 0.5) is 19.4 Å². The van der Waals surface area contributed by atoms with Crippen LogP contribution in [-0.2, 0) is 9.47 Å². The van der Waals surface area contributed by atoms with E-state index >= 15 is 4.39 Å². The van der Waals surface area contributed by atoms with Crippen molar-refractivity contribution in [2.45, 2.75) is 82.3 Å². The van der Waals surface area contributed by atoms with Crippen LogP contribution in [0.2, 0.25) is 0 Å². The normalized spacial score (nSPS) is 25.7. The molecule has 5 fully saturated rings. The van der Waals surface area contributed by atoms with Gasteiger partial charge >= 0.3 is 12.1 Å². The fourth-order valence-corrected chi connectivity index (χ4v) is 9.58. The van der Waals surface area contributed by atoms with Crippen LogP contribution in [-0.4, -0.2) is 114 Å². The average molecular weight is 769 g/mol. The van der Waals surface area contributed by atoms with E-state index in [1.807, 2.05) is 43.9 Å². The van der Waals surface area contributed by atoms with E-state index in [0.717, 1.165) is 37.6 Å². The highest BCUT2D eigenvalue weighted by Crippen LogP contribution is 2.46. The summed E-state index contributed by atoms with van der Waals surface area (Å²) in [6.07, 6.45) is 8.40. The lowest BCUT2D eigenvalue weighted by Crippen LogP contribution is -2.49. The molecule has 0 spiro atoms. The number of hydrogen-bond donors (Lipinski definition) is 0. The van der Waals surface area contributed by atoms with Crippen molar-refractivity contribution in [2.24, 2.45) is 5.92 Å². The highest BCUT2D eigenvalue weighted by molar-refractivity contribution is 6.04. The van der Waals surface area contributed by atoms with Crippen molar-refractivity contribution >= 4 is 33.6 Å². The number of benzene rings is 2. The summed E-state index contributed by atoms with van der Waals surface area (Å²) in [6, 6.07) is 8.59. The van der Waals surface area contributed by atoms with E-state index in [4.69, 9.17) is 45.1 Å². The molecule has 56 heavy (non-hydrogen) atoms. The summed E-state index contributed by atoms with van der Waals surface area (Å²) < 4.78 is 62.3. The minimum atomic E-state index is -0.945. The maximum atomic E-state index is 17.6. The lowest BCUT2D eigenvalue weighted by molar-refractivity contribution is 0.00643. The molecule has 12 nitrogen and oxygen atoms in total. The van der Waals surface area contributed by atoms with E-state index in [1.165, 1.54) is 7.11 Å². The van der Waals surface area contributed by atoms with E-state index in [0.29, 0.717) is 59.5 Å². The third kappa shape index (κ3) is 6.29. The lowest BCUT2D eigenvalue weighted by Gasteiger charge is -2.37. The first kappa shape index (κ1) is 36.6. The van der Waals surface area contributed by atoms with Gasteiger partial charge in [0.05, 0.1) is 17.6 Å². The Morgan fingerprint density at radius 2 is 1.96 bits per heavy atom. The number of aromatic nitrogens is 3. The SMILES string of the molecule is C#Cc1cccc2cc(OCOC)cc(-c3nc4c5c(nc(OC[C@@]67CCCN6C[C@H](F)C7)nc5c3F)N3C[C@@H]5CC[C@H](CN5C(=O)OC(C)(C)C)[C@H]3CO4)c12. The number of alkyl halides is 1. The Morgan fingerprint density at radius 3 is 2.77 bits per heavy atom. The number of hydrogen-bond acceptors (Lipinski definition) is 11. The molecule has 6 aliphatic rings. The predicted octanol–water partition coefficient (Wildman–Crippen LogP) is 6.50. The van der Waals surface area contributed by atoms with E-state index in [9.17, 15) is 9.18 Å². The Kier molecular flexibility index (Phi) is 9.08. The molecular formula is C42H46F2N6O6. The van der Waals surface area contributed by atoms with Gasteiger partial charge in [0.15, 0.2) is 12.6 Å². The van der Waals surface area contributed by atoms with Crippen LogP contribution in [0.25, 0.3) is 32.9 Å². The van der Waals surface area contributed by atoms with Crippen LogP contribution < -0.4 is 19.1 Å².